The molecular weight excluding hydrogens is 370 g/mol. The van der Waals surface area contributed by atoms with Gasteiger partial charge in [-0.1, -0.05) is 19.4 Å². The van der Waals surface area contributed by atoms with Crippen molar-refractivity contribution in [3.05, 3.63) is 29.3 Å². The lowest BCUT2D eigenvalue weighted by Crippen LogP contribution is -2.44. The van der Waals surface area contributed by atoms with Gasteiger partial charge in [0, 0.05) is 12.6 Å². The Morgan fingerprint density at radius 3 is 2.63 bits per heavy atom. The van der Waals surface area contributed by atoms with Crippen LogP contribution in [0.2, 0.25) is 0 Å². The number of ether oxygens (including phenoxy) is 2. The molecule has 1 saturated heterocycles. The Labute approximate surface area is 160 Å². The summed E-state index contributed by atoms with van der Waals surface area (Å²) in [6.45, 7) is 4.15. The van der Waals surface area contributed by atoms with Gasteiger partial charge in [-0.05, 0) is 37.5 Å². The van der Waals surface area contributed by atoms with Crippen LogP contribution in [-0.4, -0.2) is 63.0 Å². The van der Waals surface area contributed by atoms with Gasteiger partial charge in [0.1, 0.15) is 5.75 Å². The molecule has 2 rings (SSSR count). The van der Waals surface area contributed by atoms with E-state index in [0.717, 1.165) is 18.4 Å². The molecule has 1 amide bonds. The zero-order chi connectivity index (χ0) is 20.0. The molecule has 1 aliphatic rings. The fourth-order valence-corrected chi connectivity index (χ4v) is 4.81. The number of rotatable bonds is 8. The van der Waals surface area contributed by atoms with Crippen LogP contribution < -0.4 is 4.74 Å². The average molecular weight is 397 g/mol. The Kier molecular flexibility index (Phi) is 7.24. The molecule has 0 radical (unpaired) electrons. The van der Waals surface area contributed by atoms with E-state index in [9.17, 15) is 18.0 Å². The SMILES string of the molecule is CCCCN(C(=O)COc1cc(C(=O)OC)ccc1C)C1CCS(=O)(=O)C1. The molecule has 1 atom stereocenters. The van der Waals surface area contributed by atoms with Crippen molar-refractivity contribution >= 4 is 21.7 Å². The molecule has 0 aromatic heterocycles. The molecule has 1 fully saturated rings. The van der Waals surface area contributed by atoms with Crippen LogP contribution in [0, 0.1) is 6.92 Å². The third-order valence-corrected chi connectivity index (χ3v) is 6.43. The molecule has 0 saturated carbocycles. The van der Waals surface area contributed by atoms with Gasteiger partial charge in [-0.15, -0.1) is 0 Å². The highest BCUT2D eigenvalue weighted by Gasteiger charge is 2.34. The molecule has 7 nitrogen and oxygen atoms in total. The third kappa shape index (κ3) is 5.69. The summed E-state index contributed by atoms with van der Waals surface area (Å²) in [7, 11) is -1.78. The van der Waals surface area contributed by atoms with E-state index < -0.39 is 15.8 Å². The van der Waals surface area contributed by atoms with Crippen LogP contribution in [0.1, 0.15) is 42.1 Å². The zero-order valence-corrected chi connectivity index (χ0v) is 16.9. The number of aryl methyl sites for hydroxylation is 1. The van der Waals surface area contributed by atoms with Gasteiger partial charge in [0.15, 0.2) is 16.4 Å². The summed E-state index contributed by atoms with van der Waals surface area (Å²) in [5.41, 5.74) is 1.13. The Morgan fingerprint density at radius 1 is 1.30 bits per heavy atom. The molecule has 27 heavy (non-hydrogen) atoms. The van der Waals surface area contributed by atoms with E-state index in [1.807, 2.05) is 13.8 Å². The van der Waals surface area contributed by atoms with Gasteiger partial charge in [0.05, 0.1) is 24.2 Å². The number of hydrogen-bond acceptors (Lipinski definition) is 6. The second-order valence-corrected chi connectivity index (χ2v) is 8.99. The first-order valence-electron chi connectivity index (χ1n) is 9.09. The monoisotopic (exact) mass is 397 g/mol. The van der Waals surface area contributed by atoms with Gasteiger partial charge in [0.2, 0.25) is 0 Å². The summed E-state index contributed by atoms with van der Waals surface area (Å²) in [6.07, 6.45) is 2.18. The highest BCUT2D eigenvalue weighted by Crippen LogP contribution is 2.22. The summed E-state index contributed by atoms with van der Waals surface area (Å²) in [5, 5.41) is 0. The third-order valence-electron chi connectivity index (χ3n) is 4.68. The standard InChI is InChI=1S/C19H27NO6S/c1-4-5-9-20(16-8-10-27(23,24)13-16)18(21)12-26-17-11-15(19(22)25-3)7-6-14(17)2/h6-7,11,16H,4-5,8-10,12-13H2,1-3H3. The van der Waals surface area contributed by atoms with E-state index in [1.54, 1.807) is 23.1 Å². The second kappa shape index (κ2) is 9.21. The molecule has 150 valence electrons. The highest BCUT2D eigenvalue weighted by molar-refractivity contribution is 7.91. The lowest BCUT2D eigenvalue weighted by molar-refractivity contribution is -0.135. The minimum absolute atomic E-state index is 0.0132. The predicted molar refractivity (Wildman–Crippen MR) is 102 cm³/mol. The topological polar surface area (TPSA) is 90.0 Å². The summed E-state index contributed by atoms with van der Waals surface area (Å²) < 4.78 is 33.9. The van der Waals surface area contributed by atoms with Crippen LogP contribution in [0.4, 0.5) is 0 Å². The molecule has 0 spiro atoms. The Bertz CT molecular complexity index is 789. The van der Waals surface area contributed by atoms with Crippen LogP contribution in [-0.2, 0) is 19.4 Å². The summed E-state index contributed by atoms with van der Waals surface area (Å²) >= 11 is 0. The normalized spacial score (nSPS) is 18.1. The fraction of sp³-hybridized carbons (Fsp3) is 0.579. The van der Waals surface area contributed by atoms with Crippen LogP contribution >= 0.6 is 0 Å². The first-order chi connectivity index (χ1) is 12.8. The Morgan fingerprint density at radius 2 is 2.04 bits per heavy atom. The number of carbonyl (C=O) groups is 2. The van der Waals surface area contributed by atoms with E-state index >= 15 is 0 Å². The van der Waals surface area contributed by atoms with E-state index in [0.29, 0.717) is 24.3 Å². The number of benzene rings is 1. The number of esters is 1. The molecule has 8 heteroatoms. The molecule has 1 heterocycles. The smallest absolute Gasteiger partial charge is 0.337 e. The fourth-order valence-electron chi connectivity index (χ4n) is 3.08. The lowest BCUT2D eigenvalue weighted by atomic mass is 10.1. The first kappa shape index (κ1) is 21.2. The van der Waals surface area contributed by atoms with Crippen LogP contribution in [0.25, 0.3) is 0 Å². The molecule has 1 unspecified atom stereocenters. The number of carbonyl (C=O) groups excluding carboxylic acids is 2. The summed E-state index contributed by atoms with van der Waals surface area (Å²) in [6, 6.07) is 4.61. The van der Waals surface area contributed by atoms with Gasteiger partial charge < -0.3 is 14.4 Å². The van der Waals surface area contributed by atoms with Crippen molar-refractivity contribution in [2.45, 2.75) is 39.2 Å². The predicted octanol–water partition coefficient (Wildman–Crippen LogP) is 1.98. The number of amides is 1. The number of nitrogens with zero attached hydrogens (tertiary/aromatic N) is 1. The molecule has 1 aliphatic heterocycles. The Hall–Kier alpha value is -2.09. The van der Waals surface area contributed by atoms with Crippen molar-refractivity contribution in [2.75, 3.05) is 31.8 Å². The Balaban J connectivity index is 2.08. The van der Waals surface area contributed by atoms with E-state index in [2.05, 4.69) is 0 Å². The summed E-state index contributed by atoms with van der Waals surface area (Å²) in [5.74, 6) is -0.158. The number of methoxy groups -OCH3 is 1. The van der Waals surface area contributed by atoms with Crippen LogP contribution in [0.3, 0.4) is 0 Å². The molecule has 1 aromatic rings. The molecular formula is C19H27NO6S. The highest BCUT2D eigenvalue weighted by atomic mass is 32.2. The number of hydrogen-bond donors (Lipinski definition) is 0. The number of sulfone groups is 1. The minimum atomic E-state index is -3.08. The van der Waals surface area contributed by atoms with Gasteiger partial charge in [-0.3, -0.25) is 4.79 Å². The van der Waals surface area contributed by atoms with E-state index in [-0.39, 0.29) is 30.1 Å². The van der Waals surface area contributed by atoms with Gasteiger partial charge in [-0.25, -0.2) is 13.2 Å². The first-order valence-corrected chi connectivity index (χ1v) is 10.9. The minimum Gasteiger partial charge on any atom is -0.483 e. The van der Waals surface area contributed by atoms with Crippen molar-refractivity contribution < 1.29 is 27.5 Å². The van der Waals surface area contributed by atoms with Gasteiger partial charge in [0.25, 0.3) is 5.91 Å². The van der Waals surface area contributed by atoms with Crippen LogP contribution in [0.5, 0.6) is 5.75 Å². The maximum Gasteiger partial charge on any atom is 0.337 e. The van der Waals surface area contributed by atoms with Crippen molar-refractivity contribution in [3.8, 4) is 5.75 Å². The molecule has 0 aliphatic carbocycles. The zero-order valence-electron chi connectivity index (χ0n) is 16.1. The van der Waals surface area contributed by atoms with E-state index in [4.69, 9.17) is 9.47 Å². The second-order valence-electron chi connectivity index (χ2n) is 6.76. The quantitative estimate of drug-likeness (QED) is 0.623. The van der Waals surface area contributed by atoms with Gasteiger partial charge in [-0.2, -0.15) is 0 Å². The maximum absolute atomic E-state index is 12.7. The largest absolute Gasteiger partial charge is 0.483 e. The summed E-state index contributed by atoms with van der Waals surface area (Å²) in [4.78, 5) is 26.0. The number of unbranched alkanes of at least 4 members (excludes halogenated alkanes) is 1. The van der Waals surface area contributed by atoms with E-state index in [1.165, 1.54) is 7.11 Å². The maximum atomic E-state index is 12.7. The average Bonchev–Trinajstić information content (AvgIpc) is 3.00. The van der Waals surface area contributed by atoms with Crippen molar-refractivity contribution in [3.63, 3.8) is 0 Å². The molecule has 0 bridgehead atoms. The molecule has 1 aromatic carbocycles. The van der Waals surface area contributed by atoms with Crippen molar-refractivity contribution in [2.24, 2.45) is 0 Å². The van der Waals surface area contributed by atoms with Crippen molar-refractivity contribution in [1.82, 2.24) is 4.90 Å². The van der Waals surface area contributed by atoms with Crippen molar-refractivity contribution in [1.29, 1.82) is 0 Å². The van der Waals surface area contributed by atoms with Crippen LogP contribution in [0.15, 0.2) is 18.2 Å². The molecule has 0 N–H and O–H groups in total. The van der Waals surface area contributed by atoms with Gasteiger partial charge >= 0.3 is 5.97 Å². The lowest BCUT2D eigenvalue weighted by Gasteiger charge is -2.28.